The zero-order valence-corrected chi connectivity index (χ0v) is 12.9. The first-order valence-corrected chi connectivity index (χ1v) is 7.23. The molecular weight excluding hydrogens is 296 g/mol. The van der Waals surface area contributed by atoms with E-state index >= 15 is 0 Å². The molecule has 0 aliphatic carbocycles. The fraction of sp³-hybridized carbons (Fsp3) is 0.786. The van der Waals surface area contributed by atoms with Crippen LogP contribution < -0.4 is 0 Å². The Morgan fingerprint density at radius 2 is 1.64 bits per heavy atom. The summed E-state index contributed by atoms with van der Waals surface area (Å²) in [6.45, 7) is 4.49. The average molecular weight is 318 g/mol. The summed E-state index contributed by atoms with van der Waals surface area (Å²) in [6.07, 6.45) is -3.64. The summed E-state index contributed by atoms with van der Waals surface area (Å²) in [6, 6.07) is 0. The number of esters is 2. The third-order valence-electron chi connectivity index (χ3n) is 3.63. The Kier molecular flexibility index (Phi) is 6.76. The van der Waals surface area contributed by atoms with Crippen LogP contribution in [0.1, 0.15) is 33.6 Å². The molecule has 0 spiro atoms. The molecule has 1 rings (SSSR count). The lowest BCUT2D eigenvalue weighted by Gasteiger charge is -2.40. The number of rotatable bonds is 6. The Morgan fingerprint density at radius 1 is 1.14 bits per heavy atom. The summed E-state index contributed by atoms with van der Waals surface area (Å²) in [5.41, 5.74) is 0. The topological polar surface area (TPSA) is 119 Å². The standard InChI is InChI=1S/C14H22O8/c1-4-9(15)21-11-8(7(3)13(17)18)6-20-14(19)12(11)22-10(16)5-2/h7-8,11-12,14,19H,4-6H2,1-3H3,(H,17,18)/t7?,8-,11-,12+,14?/m0/s1. The van der Waals surface area contributed by atoms with E-state index in [-0.39, 0.29) is 19.4 Å². The van der Waals surface area contributed by atoms with Gasteiger partial charge >= 0.3 is 17.9 Å². The van der Waals surface area contributed by atoms with Gasteiger partial charge in [0.25, 0.3) is 0 Å². The lowest BCUT2D eigenvalue weighted by atomic mass is 9.84. The molecular formula is C14H22O8. The molecule has 0 aromatic heterocycles. The van der Waals surface area contributed by atoms with Gasteiger partial charge in [-0.3, -0.25) is 14.4 Å². The molecule has 22 heavy (non-hydrogen) atoms. The number of aliphatic hydroxyl groups excluding tert-OH is 1. The molecule has 0 aromatic carbocycles. The predicted molar refractivity (Wildman–Crippen MR) is 72.6 cm³/mol. The van der Waals surface area contributed by atoms with Gasteiger partial charge in [0.2, 0.25) is 0 Å². The van der Waals surface area contributed by atoms with Crippen LogP contribution in [-0.2, 0) is 28.6 Å². The van der Waals surface area contributed by atoms with E-state index in [0.29, 0.717) is 0 Å². The highest BCUT2D eigenvalue weighted by atomic mass is 16.7. The first kappa shape index (κ1) is 18.4. The van der Waals surface area contributed by atoms with E-state index in [0.717, 1.165) is 0 Å². The van der Waals surface area contributed by atoms with E-state index in [4.69, 9.17) is 19.3 Å². The maximum atomic E-state index is 11.6. The molecule has 8 nitrogen and oxygen atoms in total. The lowest BCUT2D eigenvalue weighted by Crippen LogP contribution is -2.56. The highest BCUT2D eigenvalue weighted by molar-refractivity contribution is 5.71. The molecule has 1 aliphatic rings. The summed E-state index contributed by atoms with van der Waals surface area (Å²) in [5.74, 6) is -3.90. The van der Waals surface area contributed by atoms with Crippen molar-refractivity contribution in [2.75, 3.05) is 6.61 Å². The third kappa shape index (κ3) is 4.41. The summed E-state index contributed by atoms with van der Waals surface area (Å²) in [5, 5.41) is 19.0. The quantitative estimate of drug-likeness (QED) is 0.672. The van der Waals surface area contributed by atoms with Gasteiger partial charge in [0.05, 0.1) is 12.5 Å². The predicted octanol–water partition coefficient (Wildman–Crippen LogP) is 0.315. The number of aliphatic hydroxyl groups is 1. The average Bonchev–Trinajstić information content (AvgIpc) is 2.49. The van der Waals surface area contributed by atoms with Crippen LogP contribution in [0.2, 0.25) is 0 Å². The van der Waals surface area contributed by atoms with E-state index in [1.165, 1.54) is 6.92 Å². The zero-order valence-electron chi connectivity index (χ0n) is 12.9. The zero-order chi connectivity index (χ0) is 16.9. The van der Waals surface area contributed by atoms with Crippen molar-refractivity contribution >= 4 is 17.9 Å². The van der Waals surface area contributed by atoms with Crippen molar-refractivity contribution in [1.29, 1.82) is 0 Å². The second-order valence-electron chi connectivity index (χ2n) is 5.13. The van der Waals surface area contributed by atoms with Crippen LogP contribution in [-0.4, -0.2) is 53.2 Å². The molecule has 0 bridgehead atoms. The number of hydrogen-bond donors (Lipinski definition) is 2. The Bertz CT molecular complexity index is 421. The van der Waals surface area contributed by atoms with E-state index in [2.05, 4.69) is 0 Å². The first-order valence-electron chi connectivity index (χ1n) is 7.23. The normalized spacial score (nSPS) is 29.5. The molecule has 2 N–H and O–H groups in total. The minimum absolute atomic E-state index is 0.0663. The molecule has 0 radical (unpaired) electrons. The maximum Gasteiger partial charge on any atom is 0.306 e. The molecule has 5 atom stereocenters. The number of carboxylic acid groups (broad SMARTS) is 1. The number of carboxylic acids is 1. The van der Waals surface area contributed by atoms with E-state index in [1.54, 1.807) is 13.8 Å². The lowest BCUT2D eigenvalue weighted by molar-refractivity contribution is -0.259. The van der Waals surface area contributed by atoms with Crippen LogP contribution in [0.15, 0.2) is 0 Å². The smallest absolute Gasteiger partial charge is 0.306 e. The SMILES string of the molecule is CCC(=O)O[C@H]1[C@H](C(C)C(=O)O)COC(O)[C@@H]1OC(=O)CC. The first-order chi connectivity index (χ1) is 10.3. The van der Waals surface area contributed by atoms with Crippen LogP contribution in [0, 0.1) is 11.8 Å². The van der Waals surface area contributed by atoms with Gasteiger partial charge in [-0.2, -0.15) is 0 Å². The fourth-order valence-electron chi connectivity index (χ4n) is 2.17. The largest absolute Gasteiger partial charge is 0.481 e. The fourth-order valence-corrected chi connectivity index (χ4v) is 2.17. The van der Waals surface area contributed by atoms with Crippen LogP contribution in [0.25, 0.3) is 0 Å². The third-order valence-corrected chi connectivity index (χ3v) is 3.63. The van der Waals surface area contributed by atoms with Gasteiger partial charge in [-0.15, -0.1) is 0 Å². The van der Waals surface area contributed by atoms with E-state index in [1.807, 2.05) is 0 Å². The monoisotopic (exact) mass is 318 g/mol. The van der Waals surface area contributed by atoms with Gasteiger partial charge in [0.1, 0.15) is 6.10 Å². The van der Waals surface area contributed by atoms with Gasteiger partial charge in [-0.05, 0) is 0 Å². The molecule has 1 heterocycles. The number of carbonyl (C=O) groups excluding carboxylic acids is 2. The second-order valence-corrected chi connectivity index (χ2v) is 5.13. The summed E-state index contributed by atoms with van der Waals surface area (Å²) in [7, 11) is 0. The van der Waals surface area contributed by atoms with Gasteiger partial charge in [-0.25, -0.2) is 0 Å². The molecule has 126 valence electrons. The summed E-state index contributed by atoms with van der Waals surface area (Å²) < 4.78 is 15.4. The van der Waals surface area contributed by atoms with Crippen molar-refractivity contribution in [2.24, 2.45) is 11.8 Å². The maximum absolute atomic E-state index is 11.6. The molecule has 8 heteroatoms. The minimum Gasteiger partial charge on any atom is -0.481 e. The van der Waals surface area contributed by atoms with Crippen LogP contribution in [0.3, 0.4) is 0 Å². The van der Waals surface area contributed by atoms with Gasteiger partial charge in [-0.1, -0.05) is 20.8 Å². The number of hydrogen-bond acceptors (Lipinski definition) is 7. The van der Waals surface area contributed by atoms with Crippen molar-refractivity contribution in [3.05, 3.63) is 0 Å². The Labute approximate surface area is 128 Å². The highest BCUT2D eigenvalue weighted by Crippen LogP contribution is 2.30. The van der Waals surface area contributed by atoms with Gasteiger partial charge < -0.3 is 24.4 Å². The molecule has 0 aromatic rings. The Balaban J connectivity index is 3.03. The summed E-state index contributed by atoms with van der Waals surface area (Å²) in [4.78, 5) is 34.3. The molecule has 1 saturated heterocycles. The molecule has 1 fully saturated rings. The van der Waals surface area contributed by atoms with Gasteiger partial charge in [0.15, 0.2) is 12.4 Å². The van der Waals surface area contributed by atoms with Crippen LogP contribution in [0.5, 0.6) is 0 Å². The Hall–Kier alpha value is -1.67. The molecule has 0 saturated carbocycles. The number of ether oxygens (including phenoxy) is 3. The minimum atomic E-state index is -1.47. The number of carbonyl (C=O) groups is 3. The summed E-state index contributed by atoms with van der Waals surface area (Å²) >= 11 is 0. The molecule has 1 aliphatic heterocycles. The van der Waals surface area contributed by atoms with Crippen molar-refractivity contribution in [2.45, 2.75) is 52.1 Å². The van der Waals surface area contributed by atoms with Crippen molar-refractivity contribution in [3.63, 3.8) is 0 Å². The van der Waals surface area contributed by atoms with Crippen LogP contribution >= 0.6 is 0 Å². The van der Waals surface area contributed by atoms with Crippen LogP contribution in [0.4, 0.5) is 0 Å². The second kappa shape index (κ2) is 8.09. The molecule has 2 unspecified atom stereocenters. The van der Waals surface area contributed by atoms with Crippen molar-refractivity contribution < 1.29 is 38.8 Å². The molecule has 0 amide bonds. The van der Waals surface area contributed by atoms with E-state index < -0.39 is 48.2 Å². The highest BCUT2D eigenvalue weighted by Gasteiger charge is 2.48. The Morgan fingerprint density at radius 3 is 2.09 bits per heavy atom. The van der Waals surface area contributed by atoms with Crippen molar-refractivity contribution in [1.82, 2.24) is 0 Å². The number of aliphatic carboxylic acids is 1. The van der Waals surface area contributed by atoms with Gasteiger partial charge in [0, 0.05) is 18.8 Å². The van der Waals surface area contributed by atoms with Crippen molar-refractivity contribution in [3.8, 4) is 0 Å². The van der Waals surface area contributed by atoms with E-state index in [9.17, 15) is 19.5 Å².